The maximum Gasteiger partial charge on any atom is 0.191 e. The van der Waals surface area contributed by atoms with Gasteiger partial charge in [0.1, 0.15) is 11.5 Å². The van der Waals surface area contributed by atoms with Crippen LogP contribution in [0.1, 0.15) is 23.1 Å². The van der Waals surface area contributed by atoms with Gasteiger partial charge in [-0.2, -0.15) is 0 Å². The molecule has 2 N–H and O–H groups in total. The highest BCUT2D eigenvalue weighted by molar-refractivity contribution is 14.0. The molecule has 1 fully saturated rings. The Morgan fingerprint density at radius 1 is 1.12 bits per heavy atom. The summed E-state index contributed by atoms with van der Waals surface area (Å²) in [6.07, 6.45) is 1.08. The van der Waals surface area contributed by atoms with Gasteiger partial charge in [0.05, 0.1) is 14.2 Å². The van der Waals surface area contributed by atoms with Crippen LogP contribution in [-0.2, 0) is 13.1 Å². The minimum atomic E-state index is 0. The van der Waals surface area contributed by atoms with Gasteiger partial charge in [-0.25, -0.2) is 0 Å². The first-order valence-corrected chi connectivity index (χ1v) is 11.1. The summed E-state index contributed by atoms with van der Waals surface area (Å²) in [5.74, 6) is 2.49. The molecule has 1 unspecified atom stereocenters. The summed E-state index contributed by atoms with van der Waals surface area (Å²) < 4.78 is 10.8. The van der Waals surface area contributed by atoms with E-state index in [1.54, 1.807) is 14.2 Å². The number of halogens is 1. The van der Waals surface area contributed by atoms with E-state index >= 15 is 0 Å². The van der Waals surface area contributed by atoms with Crippen LogP contribution >= 0.6 is 24.0 Å². The fourth-order valence-electron chi connectivity index (χ4n) is 4.03. The SMILES string of the molecule is CN=C(NCc1ccc(N(C)C)cc1C)NC1CCN(Cc2cc(OC)cc(OC)c2)C1.I. The Labute approximate surface area is 215 Å². The molecule has 0 bridgehead atoms. The van der Waals surface area contributed by atoms with Crippen LogP contribution in [0.15, 0.2) is 41.4 Å². The summed E-state index contributed by atoms with van der Waals surface area (Å²) in [4.78, 5) is 9.00. The van der Waals surface area contributed by atoms with Gasteiger partial charge in [0.2, 0.25) is 0 Å². The van der Waals surface area contributed by atoms with Gasteiger partial charge in [-0.05, 0) is 54.3 Å². The van der Waals surface area contributed by atoms with Crippen LogP contribution in [-0.4, -0.2) is 65.4 Å². The van der Waals surface area contributed by atoms with Gasteiger partial charge >= 0.3 is 0 Å². The predicted molar refractivity (Wildman–Crippen MR) is 147 cm³/mol. The molecule has 0 saturated carbocycles. The van der Waals surface area contributed by atoms with Gasteiger partial charge in [0.15, 0.2) is 5.96 Å². The number of nitrogens with zero attached hydrogens (tertiary/aromatic N) is 3. The molecule has 2 aromatic rings. The summed E-state index contributed by atoms with van der Waals surface area (Å²) in [6, 6.07) is 13.0. The molecule has 0 radical (unpaired) electrons. The first-order chi connectivity index (χ1) is 15.4. The fourth-order valence-corrected chi connectivity index (χ4v) is 4.03. The second kappa shape index (κ2) is 12.9. The molecule has 1 aliphatic rings. The van der Waals surface area contributed by atoms with E-state index in [-0.39, 0.29) is 24.0 Å². The number of ether oxygens (including phenoxy) is 2. The number of likely N-dealkylation sites (tertiary alicyclic amines) is 1. The van der Waals surface area contributed by atoms with Gasteiger partial charge in [0.25, 0.3) is 0 Å². The van der Waals surface area contributed by atoms with Crippen molar-refractivity contribution in [3.8, 4) is 11.5 Å². The van der Waals surface area contributed by atoms with Crippen LogP contribution in [0.2, 0.25) is 0 Å². The third-order valence-corrected chi connectivity index (χ3v) is 5.94. The van der Waals surface area contributed by atoms with Gasteiger partial charge in [-0.1, -0.05) is 6.07 Å². The van der Waals surface area contributed by atoms with E-state index < -0.39 is 0 Å². The molecule has 1 aliphatic heterocycles. The van der Waals surface area contributed by atoms with Crippen LogP contribution in [0.4, 0.5) is 5.69 Å². The average molecular weight is 568 g/mol. The normalized spacial score (nSPS) is 16.2. The number of guanidine groups is 1. The lowest BCUT2D eigenvalue weighted by Gasteiger charge is -2.20. The number of methoxy groups -OCH3 is 2. The molecular formula is C25H38IN5O2. The Hall–Kier alpha value is -2.20. The molecule has 0 aromatic heterocycles. The smallest absolute Gasteiger partial charge is 0.191 e. The van der Waals surface area contributed by atoms with E-state index in [2.05, 4.69) is 76.8 Å². The summed E-state index contributed by atoms with van der Waals surface area (Å²) in [5.41, 5.74) is 4.97. The number of hydrogen-bond acceptors (Lipinski definition) is 5. The Balaban J connectivity index is 0.00000385. The highest BCUT2D eigenvalue weighted by atomic mass is 127. The number of rotatable bonds is 8. The number of aryl methyl sites for hydroxylation is 1. The maximum absolute atomic E-state index is 5.40. The fraction of sp³-hybridized carbons (Fsp3) is 0.480. The minimum absolute atomic E-state index is 0. The van der Waals surface area contributed by atoms with E-state index in [0.717, 1.165) is 50.1 Å². The van der Waals surface area contributed by atoms with Crippen molar-refractivity contribution in [2.75, 3.05) is 53.4 Å². The van der Waals surface area contributed by atoms with Crippen molar-refractivity contribution >= 4 is 35.6 Å². The molecular weight excluding hydrogens is 529 g/mol. The van der Waals surface area contributed by atoms with Gasteiger partial charge in [-0.15, -0.1) is 24.0 Å². The van der Waals surface area contributed by atoms with Crippen LogP contribution in [0.5, 0.6) is 11.5 Å². The molecule has 1 saturated heterocycles. The highest BCUT2D eigenvalue weighted by Crippen LogP contribution is 2.24. The van der Waals surface area contributed by atoms with Crippen molar-refractivity contribution < 1.29 is 9.47 Å². The van der Waals surface area contributed by atoms with Crippen molar-refractivity contribution in [2.24, 2.45) is 4.99 Å². The third kappa shape index (κ3) is 7.67. The molecule has 3 rings (SSSR count). The zero-order valence-corrected chi connectivity index (χ0v) is 23.0. The molecule has 7 nitrogen and oxygen atoms in total. The lowest BCUT2D eigenvalue weighted by molar-refractivity contribution is 0.321. The average Bonchev–Trinajstić information content (AvgIpc) is 3.23. The van der Waals surface area contributed by atoms with Gasteiger partial charge in [-0.3, -0.25) is 9.89 Å². The monoisotopic (exact) mass is 567 g/mol. The number of benzene rings is 2. The van der Waals surface area contributed by atoms with Gasteiger partial charge in [0, 0.05) is 65.1 Å². The Morgan fingerprint density at radius 2 is 1.82 bits per heavy atom. The van der Waals surface area contributed by atoms with E-state index in [1.807, 2.05) is 13.1 Å². The lowest BCUT2D eigenvalue weighted by Crippen LogP contribution is -2.44. The molecule has 182 valence electrons. The summed E-state index contributed by atoms with van der Waals surface area (Å²) in [7, 11) is 9.32. The minimum Gasteiger partial charge on any atom is -0.497 e. The molecule has 0 spiro atoms. The number of nitrogens with one attached hydrogen (secondary N) is 2. The molecule has 0 amide bonds. The zero-order chi connectivity index (χ0) is 23.1. The topological polar surface area (TPSA) is 61.4 Å². The van der Waals surface area contributed by atoms with E-state index in [9.17, 15) is 0 Å². The Bertz CT molecular complexity index is 913. The largest absolute Gasteiger partial charge is 0.497 e. The summed E-state index contributed by atoms with van der Waals surface area (Å²) >= 11 is 0. The second-order valence-corrected chi connectivity index (χ2v) is 8.52. The quantitative estimate of drug-likeness (QED) is 0.289. The Morgan fingerprint density at radius 3 is 2.39 bits per heavy atom. The standard InChI is InChI=1S/C25H37N5O2.HI/c1-18-11-22(29(3)4)8-7-20(18)15-27-25(26-2)28-21-9-10-30(17-21)16-19-12-23(31-5)14-24(13-19)32-6;/h7-8,11-14,21H,9-10,15-17H2,1-6H3,(H2,26,27,28);1H. The molecule has 0 aliphatic carbocycles. The predicted octanol–water partition coefficient (Wildman–Crippen LogP) is 3.64. The maximum atomic E-state index is 5.40. The molecule has 8 heteroatoms. The summed E-state index contributed by atoms with van der Waals surface area (Å²) in [5, 5.41) is 7.06. The molecule has 2 aromatic carbocycles. The Kier molecular flexibility index (Phi) is 10.6. The van der Waals surface area contributed by atoms with Crippen LogP contribution in [0.3, 0.4) is 0 Å². The van der Waals surface area contributed by atoms with Crippen LogP contribution in [0.25, 0.3) is 0 Å². The van der Waals surface area contributed by atoms with Crippen molar-refractivity contribution in [3.05, 3.63) is 53.1 Å². The second-order valence-electron chi connectivity index (χ2n) is 8.52. The first kappa shape index (κ1) is 27.0. The third-order valence-electron chi connectivity index (χ3n) is 5.94. The number of hydrogen-bond donors (Lipinski definition) is 2. The number of anilines is 1. The van der Waals surface area contributed by atoms with E-state index in [0.29, 0.717) is 6.04 Å². The van der Waals surface area contributed by atoms with Crippen molar-refractivity contribution in [2.45, 2.75) is 32.5 Å². The van der Waals surface area contributed by atoms with Crippen molar-refractivity contribution in [1.29, 1.82) is 0 Å². The first-order valence-electron chi connectivity index (χ1n) is 11.1. The van der Waals surface area contributed by atoms with Crippen molar-refractivity contribution in [1.82, 2.24) is 15.5 Å². The molecule has 33 heavy (non-hydrogen) atoms. The van der Waals surface area contributed by atoms with Crippen molar-refractivity contribution in [3.63, 3.8) is 0 Å². The van der Waals surface area contributed by atoms with E-state index in [4.69, 9.17) is 9.47 Å². The highest BCUT2D eigenvalue weighted by Gasteiger charge is 2.23. The molecule has 1 atom stereocenters. The van der Waals surface area contributed by atoms with Gasteiger partial charge < -0.3 is 25.0 Å². The summed E-state index contributed by atoms with van der Waals surface area (Å²) in [6.45, 7) is 5.78. The zero-order valence-electron chi connectivity index (χ0n) is 20.6. The van der Waals surface area contributed by atoms with Crippen LogP contribution in [0, 0.1) is 6.92 Å². The molecule has 1 heterocycles. The lowest BCUT2D eigenvalue weighted by atomic mass is 10.1. The number of aliphatic imine (C=N–C) groups is 1. The van der Waals surface area contributed by atoms with E-state index in [1.165, 1.54) is 22.4 Å². The van der Waals surface area contributed by atoms with Crippen LogP contribution < -0.4 is 25.0 Å².